The summed E-state index contributed by atoms with van der Waals surface area (Å²) in [5.74, 6) is -3.67. The van der Waals surface area contributed by atoms with Gasteiger partial charge in [-0.2, -0.15) is 8.78 Å². The predicted octanol–water partition coefficient (Wildman–Crippen LogP) is 4.73. The second kappa shape index (κ2) is 8.92. The van der Waals surface area contributed by atoms with E-state index in [4.69, 9.17) is 9.47 Å². The minimum absolute atomic E-state index is 0.0347. The Morgan fingerprint density at radius 2 is 1.05 bits per heavy atom. The molecule has 0 saturated heterocycles. The van der Waals surface area contributed by atoms with Gasteiger partial charge in [-0.1, -0.05) is 12.1 Å². The number of halogens is 4. The molecule has 2 aromatic carbocycles. The smallest absolute Gasteiger partial charge is 0.200 e. The van der Waals surface area contributed by atoms with Crippen molar-refractivity contribution in [3.05, 3.63) is 59.7 Å². The van der Waals surface area contributed by atoms with Gasteiger partial charge in [0.1, 0.15) is 0 Å². The second-order valence-corrected chi connectivity index (χ2v) is 3.97. The monoisotopic (exact) mass is 316 g/mol. The molecular weight excluding hydrogens is 300 g/mol. The Bertz CT molecular complexity index is 549. The Morgan fingerprint density at radius 3 is 1.36 bits per heavy atom. The molecule has 0 bridgehead atoms. The molecule has 2 rings (SSSR count). The molecule has 120 valence electrons. The van der Waals surface area contributed by atoms with Crippen LogP contribution in [0.1, 0.15) is 13.8 Å². The van der Waals surface area contributed by atoms with Gasteiger partial charge in [-0.25, -0.2) is 8.78 Å². The average Bonchev–Trinajstić information content (AvgIpc) is 2.50. The molecule has 22 heavy (non-hydrogen) atoms. The van der Waals surface area contributed by atoms with E-state index in [1.807, 2.05) is 0 Å². The van der Waals surface area contributed by atoms with Crippen molar-refractivity contribution in [1.82, 2.24) is 0 Å². The third kappa shape index (κ3) is 4.95. The lowest BCUT2D eigenvalue weighted by Crippen LogP contribution is -1.95. The second-order valence-electron chi connectivity index (χ2n) is 3.97. The van der Waals surface area contributed by atoms with Crippen LogP contribution in [0.2, 0.25) is 0 Å². The standard InChI is InChI=1S/2C8H8F2O/c2*1-2-11-7-5-3-4-6(9)8(7)10/h2*3-5H,2H2,1H3. The molecule has 0 saturated carbocycles. The molecule has 0 aliphatic rings. The van der Waals surface area contributed by atoms with E-state index in [1.165, 1.54) is 24.3 Å². The number of benzene rings is 2. The van der Waals surface area contributed by atoms with Crippen molar-refractivity contribution in [2.24, 2.45) is 0 Å². The highest BCUT2D eigenvalue weighted by Crippen LogP contribution is 2.19. The Labute approximate surface area is 126 Å². The Morgan fingerprint density at radius 1 is 0.682 bits per heavy atom. The zero-order chi connectivity index (χ0) is 16.5. The number of rotatable bonds is 4. The Kier molecular flexibility index (Phi) is 7.22. The van der Waals surface area contributed by atoms with Gasteiger partial charge in [0.15, 0.2) is 23.1 Å². The van der Waals surface area contributed by atoms with Gasteiger partial charge in [0, 0.05) is 0 Å². The molecule has 0 aliphatic carbocycles. The number of hydrogen-bond donors (Lipinski definition) is 0. The van der Waals surface area contributed by atoms with Crippen LogP contribution in [-0.2, 0) is 0 Å². The summed E-state index contributed by atoms with van der Waals surface area (Å²) < 4.78 is 59.9. The summed E-state index contributed by atoms with van der Waals surface area (Å²) in [7, 11) is 0. The Balaban J connectivity index is 0.000000220. The largest absolute Gasteiger partial charge is 0.491 e. The van der Waals surface area contributed by atoms with Crippen LogP contribution in [0.25, 0.3) is 0 Å². The van der Waals surface area contributed by atoms with E-state index in [2.05, 4.69) is 0 Å². The quantitative estimate of drug-likeness (QED) is 0.759. The fourth-order valence-corrected chi connectivity index (χ4v) is 1.50. The zero-order valence-electron chi connectivity index (χ0n) is 12.2. The maximum absolute atomic E-state index is 12.7. The van der Waals surface area contributed by atoms with Crippen molar-refractivity contribution in [2.75, 3.05) is 13.2 Å². The molecule has 0 atom stereocenters. The molecule has 0 aromatic heterocycles. The SMILES string of the molecule is CCOc1cccc(F)c1F.CCOc1cccc(F)c1F. The van der Waals surface area contributed by atoms with Crippen LogP contribution in [0.4, 0.5) is 17.6 Å². The summed E-state index contributed by atoms with van der Waals surface area (Å²) in [6.07, 6.45) is 0. The Hall–Kier alpha value is -2.24. The van der Waals surface area contributed by atoms with Gasteiger partial charge in [0.2, 0.25) is 11.6 Å². The van der Waals surface area contributed by atoms with Crippen LogP contribution in [0.5, 0.6) is 11.5 Å². The molecule has 0 unspecified atom stereocenters. The average molecular weight is 316 g/mol. The first-order valence-electron chi connectivity index (χ1n) is 6.64. The first-order valence-corrected chi connectivity index (χ1v) is 6.64. The molecule has 0 radical (unpaired) electrons. The maximum Gasteiger partial charge on any atom is 0.200 e. The van der Waals surface area contributed by atoms with Gasteiger partial charge < -0.3 is 9.47 Å². The van der Waals surface area contributed by atoms with Crippen LogP contribution >= 0.6 is 0 Å². The van der Waals surface area contributed by atoms with Crippen molar-refractivity contribution < 1.29 is 27.0 Å². The molecule has 2 nitrogen and oxygen atoms in total. The van der Waals surface area contributed by atoms with E-state index >= 15 is 0 Å². The van der Waals surface area contributed by atoms with Gasteiger partial charge in [0.25, 0.3) is 0 Å². The summed E-state index contributed by atoms with van der Waals surface area (Å²) in [5, 5.41) is 0. The fraction of sp³-hybridized carbons (Fsp3) is 0.250. The molecule has 2 aromatic rings. The number of hydrogen-bond acceptors (Lipinski definition) is 2. The predicted molar refractivity (Wildman–Crippen MR) is 75.1 cm³/mol. The van der Waals surface area contributed by atoms with E-state index in [9.17, 15) is 17.6 Å². The summed E-state index contributed by atoms with van der Waals surface area (Å²) >= 11 is 0. The van der Waals surface area contributed by atoms with Gasteiger partial charge >= 0.3 is 0 Å². The first-order chi connectivity index (χ1) is 10.5. The molecule has 0 heterocycles. The van der Waals surface area contributed by atoms with Gasteiger partial charge in [-0.3, -0.25) is 0 Å². The lowest BCUT2D eigenvalue weighted by Gasteiger charge is -2.03. The van der Waals surface area contributed by atoms with Crippen LogP contribution in [-0.4, -0.2) is 13.2 Å². The summed E-state index contributed by atoms with van der Waals surface area (Å²) in [6.45, 7) is 4.09. The highest BCUT2D eigenvalue weighted by Gasteiger charge is 2.07. The third-order valence-electron chi connectivity index (χ3n) is 2.43. The zero-order valence-corrected chi connectivity index (χ0v) is 12.2. The van der Waals surface area contributed by atoms with E-state index in [1.54, 1.807) is 13.8 Å². The molecule has 0 fully saturated rings. The highest BCUT2D eigenvalue weighted by atomic mass is 19.2. The van der Waals surface area contributed by atoms with Crippen molar-refractivity contribution in [3.8, 4) is 11.5 Å². The first kappa shape index (κ1) is 17.8. The molecule has 6 heteroatoms. The molecule has 0 aliphatic heterocycles. The summed E-state index contributed by atoms with van der Waals surface area (Å²) in [6, 6.07) is 7.70. The fourth-order valence-electron chi connectivity index (χ4n) is 1.50. The van der Waals surface area contributed by atoms with Crippen LogP contribution < -0.4 is 9.47 Å². The van der Waals surface area contributed by atoms with Crippen molar-refractivity contribution in [3.63, 3.8) is 0 Å². The lowest BCUT2D eigenvalue weighted by molar-refractivity contribution is 0.314. The topological polar surface area (TPSA) is 18.5 Å². The van der Waals surface area contributed by atoms with Crippen molar-refractivity contribution in [2.45, 2.75) is 13.8 Å². The molecule has 0 spiro atoms. The van der Waals surface area contributed by atoms with Gasteiger partial charge in [-0.15, -0.1) is 0 Å². The molecular formula is C16H16F4O2. The highest BCUT2D eigenvalue weighted by molar-refractivity contribution is 5.25. The van der Waals surface area contributed by atoms with Crippen molar-refractivity contribution >= 4 is 0 Å². The minimum atomic E-state index is -0.922. The van der Waals surface area contributed by atoms with Crippen LogP contribution in [0.15, 0.2) is 36.4 Å². The normalized spacial score (nSPS) is 9.73. The van der Waals surface area contributed by atoms with Gasteiger partial charge in [-0.05, 0) is 38.1 Å². The van der Waals surface area contributed by atoms with E-state index in [0.29, 0.717) is 13.2 Å². The summed E-state index contributed by atoms with van der Waals surface area (Å²) in [4.78, 5) is 0. The maximum atomic E-state index is 12.7. The lowest BCUT2D eigenvalue weighted by atomic mass is 10.3. The third-order valence-corrected chi connectivity index (χ3v) is 2.43. The molecule has 0 N–H and O–H groups in total. The van der Waals surface area contributed by atoms with E-state index in [0.717, 1.165) is 12.1 Å². The van der Waals surface area contributed by atoms with Crippen LogP contribution in [0.3, 0.4) is 0 Å². The van der Waals surface area contributed by atoms with Crippen molar-refractivity contribution in [1.29, 1.82) is 0 Å². The molecule has 0 amide bonds. The number of ether oxygens (including phenoxy) is 2. The summed E-state index contributed by atoms with van der Waals surface area (Å²) in [5.41, 5.74) is 0. The van der Waals surface area contributed by atoms with Gasteiger partial charge in [0.05, 0.1) is 13.2 Å². The van der Waals surface area contributed by atoms with Crippen LogP contribution in [0, 0.1) is 23.3 Å². The minimum Gasteiger partial charge on any atom is -0.491 e. The van der Waals surface area contributed by atoms with E-state index in [-0.39, 0.29) is 11.5 Å². The van der Waals surface area contributed by atoms with E-state index < -0.39 is 23.3 Å².